The minimum absolute atomic E-state index is 0. The van der Waals surface area contributed by atoms with E-state index in [9.17, 15) is 49.2 Å². The fourth-order valence-corrected chi connectivity index (χ4v) is 1.37. The Hall–Kier alpha value is -1.59. The summed E-state index contributed by atoms with van der Waals surface area (Å²) in [6.07, 6.45) is 2.27. The molecule has 296 valence electrons. The first-order valence-corrected chi connectivity index (χ1v) is 15.7. The Balaban J connectivity index is -0.0000000463. The molecule has 18 heteroatoms. The number of aliphatic hydroxyl groups excluding tert-OH is 6. The number of carbonyl (C=O) groups is 6. The zero-order chi connectivity index (χ0) is 40.3. The van der Waals surface area contributed by atoms with Gasteiger partial charge >= 0.3 is 43.4 Å². The van der Waals surface area contributed by atoms with Crippen molar-refractivity contribution >= 4 is 35.4 Å². The molecule has 2 atom stereocenters. The fourth-order valence-electron chi connectivity index (χ4n) is 1.37. The molecule has 0 rings (SSSR count). The predicted molar refractivity (Wildman–Crippen MR) is 171 cm³/mol. The molecule has 0 aliphatic carbocycles. The average molecular weight is 801 g/mol. The molecular formula is C32H64O16Ti2. The Morgan fingerprint density at radius 3 is 0.720 bits per heavy atom. The molecule has 16 nitrogen and oxygen atoms in total. The summed E-state index contributed by atoms with van der Waals surface area (Å²) in [5.74, 6) is -5.94. The quantitative estimate of drug-likeness (QED) is 0.0785. The molecule has 0 aromatic rings. The maximum atomic E-state index is 10.4. The van der Waals surface area contributed by atoms with E-state index in [0.29, 0.717) is 38.9 Å². The van der Waals surface area contributed by atoms with Crippen molar-refractivity contribution in [2.45, 2.75) is 158 Å². The average Bonchev–Trinajstić information content (AvgIpc) is 2.90. The first kappa shape index (κ1) is 73.8. The summed E-state index contributed by atoms with van der Waals surface area (Å²) < 4.78 is 0. The molecule has 0 aromatic heterocycles. The number of rotatable bonds is 14. The van der Waals surface area contributed by atoms with Gasteiger partial charge in [0.25, 0.3) is 0 Å². The van der Waals surface area contributed by atoms with E-state index in [1.54, 1.807) is 27.7 Å². The summed E-state index contributed by atoms with van der Waals surface area (Å²) in [6, 6.07) is 0. The number of hydrogen-bond acceptors (Lipinski definition) is 16. The Morgan fingerprint density at radius 2 is 0.660 bits per heavy atom. The molecule has 0 heterocycles. The number of carboxylic acid groups (broad SMARTS) is 4. The first-order valence-electron chi connectivity index (χ1n) is 15.7. The normalized spacial score (nSPS) is 9.64. The Bertz CT molecular complexity index is 664. The van der Waals surface area contributed by atoms with Crippen LogP contribution < -0.4 is 20.4 Å². The molecule has 0 aliphatic heterocycles. The summed E-state index contributed by atoms with van der Waals surface area (Å²) in [6.45, 7) is 17.6. The molecule has 0 saturated heterocycles. The van der Waals surface area contributed by atoms with Gasteiger partial charge in [-0.25, -0.2) is 0 Å². The molecular weight excluding hydrogens is 736 g/mol. The second kappa shape index (κ2) is 62.5. The van der Waals surface area contributed by atoms with E-state index in [1.165, 1.54) is 0 Å². The van der Waals surface area contributed by atoms with Crippen molar-refractivity contribution in [2.24, 2.45) is 0 Å². The van der Waals surface area contributed by atoms with Crippen LogP contribution in [-0.4, -0.2) is 104 Å². The van der Waals surface area contributed by atoms with Crippen LogP contribution in [-0.2, 0) is 72.2 Å². The van der Waals surface area contributed by atoms with Gasteiger partial charge in [0.15, 0.2) is 0 Å². The van der Waals surface area contributed by atoms with E-state index < -0.39 is 48.9 Å². The third kappa shape index (κ3) is 161. The maximum absolute atomic E-state index is 10.4. The minimum atomic E-state index is -1.44. The van der Waals surface area contributed by atoms with Gasteiger partial charge in [-0.1, -0.05) is 40.5 Å². The van der Waals surface area contributed by atoms with Gasteiger partial charge in [0.2, 0.25) is 0 Å². The zero-order valence-corrected chi connectivity index (χ0v) is 34.7. The monoisotopic (exact) mass is 800 g/mol. The van der Waals surface area contributed by atoms with Crippen molar-refractivity contribution in [3.8, 4) is 0 Å². The molecule has 0 aromatic carbocycles. The topological polar surface area (TPSA) is 316 Å². The summed E-state index contributed by atoms with van der Waals surface area (Å²) in [4.78, 5) is 59.0. The summed E-state index contributed by atoms with van der Waals surface area (Å²) in [5, 5.41) is 86.4. The molecule has 0 spiro atoms. The summed E-state index contributed by atoms with van der Waals surface area (Å²) >= 11 is 0. The van der Waals surface area contributed by atoms with Crippen molar-refractivity contribution in [1.82, 2.24) is 0 Å². The van der Waals surface area contributed by atoms with E-state index in [2.05, 4.69) is 13.8 Å². The van der Waals surface area contributed by atoms with Gasteiger partial charge in [0.05, 0.1) is 24.1 Å². The number of aliphatic carboxylic acids is 4. The third-order valence-corrected chi connectivity index (χ3v) is 3.45. The molecule has 0 radical (unpaired) electrons. The smallest absolute Gasteiger partial charge is 0.550 e. The second-order valence-corrected chi connectivity index (χ2v) is 10.0. The number of carbonyl (C=O) groups excluding carboxylic acids is 6. The van der Waals surface area contributed by atoms with Crippen LogP contribution >= 0.6 is 0 Å². The summed E-state index contributed by atoms with van der Waals surface area (Å²) in [7, 11) is 0. The number of hydrogen-bond donors (Lipinski definition) is 6. The molecule has 0 fully saturated rings. The van der Waals surface area contributed by atoms with Crippen molar-refractivity contribution in [2.75, 3.05) is 13.2 Å². The minimum Gasteiger partial charge on any atom is -0.550 e. The molecule has 0 aliphatic rings. The predicted octanol–water partition coefficient (Wildman–Crippen LogP) is -2.45. The van der Waals surface area contributed by atoms with E-state index in [4.69, 9.17) is 30.6 Å². The van der Waals surface area contributed by atoms with Gasteiger partial charge in [0.1, 0.15) is 11.6 Å². The Kier molecular flexibility index (Phi) is 92.2. The van der Waals surface area contributed by atoms with Crippen LogP contribution in [0.3, 0.4) is 0 Å². The molecule has 2 unspecified atom stereocenters. The van der Waals surface area contributed by atoms with Crippen LogP contribution in [0.15, 0.2) is 0 Å². The Labute approximate surface area is 328 Å². The van der Waals surface area contributed by atoms with Gasteiger partial charge in [-0.05, 0) is 67.2 Å². The van der Waals surface area contributed by atoms with E-state index in [0.717, 1.165) is 39.5 Å². The van der Waals surface area contributed by atoms with E-state index >= 15 is 0 Å². The third-order valence-electron chi connectivity index (χ3n) is 3.45. The summed E-state index contributed by atoms with van der Waals surface area (Å²) in [5.41, 5.74) is 0. The first-order chi connectivity index (χ1) is 21.9. The van der Waals surface area contributed by atoms with Crippen molar-refractivity contribution in [1.29, 1.82) is 0 Å². The SMILES string of the molecule is CC(C)O.CC(C)O.CC(O)C(=O)[O-].CC(O)C(=O)[O-].CCCC(=O)CC(=O)[O-].CCCC(=O)CC(=O)[O-].CCCCO.CCCCO.[Ti+2].[Ti+2]. The zero-order valence-electron chi connectivity index (χ0n) is 31.6. The van der Waals surface area contributed by atoms with Crippen molar-refractivity contribution in [3.63, 3.8) is 0 Å². The van der Waals surface area contributed by atoms with Crippen LogP contribution in [0.2, 0.25) is 0 Å². The van der Waals surface area contributed by atoms with Crippen LogP contribution in [0.1, 0.15) is 133 Å². The number of Topliss-reactive ketones (excluding diaryl/α,β-unsaturated/α-hetero) is 2. The standard InChI is InChI=1S/2C6H10O3.2C4H10O.2C3H6O3.2C3H8O.2Ti/c2*1-2-3-5(7)4-6(8)9;2*1-2-3-4-5;2*1-2(4)3(5)6;2*1-3(2)4;;/h2*2-4H2,1H3,(H,8,9);2*5H,2-4H2,1H3;2*2,4H,1H3,(H,5,6);2*3-4H,1-2H3;;/q;;;;;;;;2*+2/p-4. The molecule has 6 N–H and O–H groups in total. The number of unbranched alkanes of at least 4 members (excludes halogenated alkanes) is 2. The molecule has 0 amide bonds. The molecule has 0 bridgehead atoms. The van der Waals surface area contributed by atoms with Crippen LogP contribution in [0.4, 0.5) is 0 Å². The van der Waals surface area contributed by atoms with Crippen molar-refractivity contribution in [3.05, 3.63) is 0 Å². The van der Waals surface area contributed by atoms with Crippen LogP contribution in [0.5, 0.6) is 0 Å². The number of ketones is 2. The second-order valence-electron chi connectivity index (χ2n) is 10.0. The molecule has 0 saturated carbocycles. The van der Waals surface area contributed by atoms with Gasteiger partial charge < -0.3 is 70.2 Å². The number of carboxylic acids is 4. The van der Waals surface area contributed by atoms with Gasteiger partial charge in [0, 0.05) is 63.0 Å². The van der Waals surface area contributed by atoms with Crippen molar-refractivity contribution < 1.29 is 123 Å². The molecule has 50 heavy (non-hydrogen) atoms. The largest absolute Gasteiger partial charge is 2.00 e. The number of aliphatic hydroxyl groups is 6. The fraction of sp³-hybridized carbons (Fsp3) is 0.812. The Morgan fingerprint density at radius 1 is 0.480 bits per heavy atom. The van der Waals surface area contributed by atoms with Crippen LogP contribution in [0, 0.1) is 0 Å². The van der Waals surface area contributed by atoms with Gasteiger partial charge in [-0.3, -0.25) is 9.59 Å². The van der Waals surface area contributed by atoms with Crippen LogP contribution in [0.25, 0.3) is 0 Å². The van der Waals surface area contributed by atoms with Gasteiger partial charge in [-0.15, -0.1) is 0 Å². The van der Waals surface area contributed by atoms with E-state index in [1.807, 2.05) is 13.8 Å². The van der Waals surface area contributed by atoms with E-state index in [-0.39, 0.29) is 67.2 Å². The maximum Gasteiger partial charge on any atom is 2.00 e. The van der Waals surface area contributed by atoms with Gasteiger partial charge in [-0.2, -0.15) is 0 Å².